The molecule has 0 radical (unpaired) electrons. The van der Waals surface area contributed by atoms with Crippen LogP contribution in [0.4, 0.5) is 0 Å². The normalized spacial score (nSPS) is 31.9. The molecule has 1 aliphatic carbocycles. The molecule has 1 atom stereocenters. The molecule has 15 heavy (non-hydrogen) atoms. The second kappa shape index (κ2) is 3.97. The van der Waals surface area contributed by atoms with Crippen LogP contribution in [0.1, 0.15) is 40.5 Å². The van der Waals surface area contributed by atoms with E-state index in [4.69, 9.17) is 4.74 Å². The van der Waals surface area contributed by atoms with Crippen molar-refractivity contribution in [3.8, 4) is 0 Å². The molecule has 0 saturated heterocycles. The lowest BCUT2D eigenvalue weighted by Gasteiger charge is -2.33. The Labute approximate surface area is 91.1 Å². The standard InChI is InChI=1S/C12H20O3/c1-5-15-10(13)8-9-6-7-11(2,3)12(9,4)14/h8,14H,5-7H2,1-4H3/b9-8+. The highest BCUT2D eigenvalue weighted by Gasteiger charge is 2.47. The van der Waals surface area contributed by atoms with Crippen molar-refractivity contribution in [2.24, 2.45) is 5.41 Å². The van der Waals surface area contributed by atoms with Gasteiger partial charge in [-0.3, -0.25) is 0 Å². The minimum absolute atomic E-state index is 0.175. The lowest BCUT2D eigenvalue weighted by molar-refractivity contribution is -0.137. The van der Waals surface area contributed by atoms with Crippen LogP contribution >= 0.6 is 0 Å². The van der Waals surface area contributed by atoms with Crippen molar-refractivity contribution in [1.82, 2.24) is 0 Å². The predicted molar refractivity (Wildman–Crippen MR) is 58.4 cm³/mol. The van der Waals surface area contributed by atoms with Gasteiger partial charge in [0.05, 0.1) is 12.2 Å². The quantitative estimate of drug-likeness (QED) is 0.563. The molecule has 86 valence electrons. The van der Waals surface area contributed by atoms with Crippen LogP contribution in [-0.2, 0) is 9.53 Å². The first-order chi connectivity index (χ1) is 6.81. The zero-order valence-corrected chi connectivity index (χ0v) is 9.96. The van der Waals surface area contributed by atoms with Gasteiger partial charge in [-0.2, -0.15) is 0 Å². The zero-order chi connectivity index (χ0) is 11.7. The van der Waals surface area contributed by atoms with Crippen LogP contribution in [0.25, 0.3) is 0 Å². The van der Waals surface area contributed by atoms with Crippen LogP contribution in [0, 0.1) is 5.41 Å². The summed E-state index contributed by atoms with van der Waals surface area (Å²) in [6.07, 6.45) is 3.10. The number of hydrogen-bond acceptors (Lipinski definition) is 3. The molecule has 0 amide bonds. The van der Waals surface area contributed by atoms with Crippen LogP contribution < -0.4 is 0 Å². The zero-order valence-electron chi connectivity index (χ0n) is 9.96. The Hall–Kier alpha value is -0.830. The van der Waals surface area contributed by atoms with Crippen LogP contribution in [0.2, 0.25) is 0 Å². The summed E-state index contributed by atoms with van der Waals surface area (Å²) in [6, 6.07) is 0. The molecular weight excluding hydrogens is 192 g/mol. The average molecular weight is 212 g/mol. The van der Waals surface area contributed by atoms with E-state index in [1.165, 1.54) is 6.08 Å². The molecule has 0 bridgehead atoms. The molecule has 0 aromatic rings. The summed E-state index contributed by atoms with van der Waals surface area (Å²) in [7, 11) is 0. The third-order valence-electron chi connectivity index (χ3n) is 3.54. The van der Waals surface area contributed by atoms with Gasteiger partial charge in [0, 0.05) is 6.08 Å². The van der Waals surface area contributed by atoms with Crippen LogP contribution in [0.3, 0.4) is 0 Å². The van der Waals surface area contributed by atoms with Crippen molar-refractivity contribution in [2.45, 2.75) is 46.1 Å². The van der Waals surface area contributed by atoms with E-state index < -0.39 is 5.60 Å². The summed E-state index contributed by atoms with van der Waals surface area (Å²) in [5, 5.41) is 10.3. The first kappa shape index (κ1) is 12.2. The van der Waals surface area contributed by atoms with Gasteiger partial charge in [-0.15, -0.1) is 0 Å². The molecule has 3 nitrogen and oxygen atoms in total. The SMILES string of the molecule is CCOC(=O)/C=C1\CCC(C)(C)C1(C)O. The number of carbonyl (C=O) groups is 1. The number of rotatable bonds is 2. The first-order valence-electron chi connectivity index (χ1n) is 5.41. The largest absolute Gasteiger partial charge is 0.463 e. The van der Waals surface area contributed by atoms with E-state index in [9.17, 15) is 9.90 Å². The highest BCUT2D eigenvalue weighted by Crippen LogP contribution is 2.48. The second-order valence-electron chi connectivity index (χ2n) is 4.88. The number of hydrogen-bond donors (Lipinski definition) is 1. The van der Waals surface area contributed by atoms with Crippen molar-refractivity contribution in [3.05, 3.63) is 11.6 Å². The fraction of sp³-hybridized carbons (Fsp3) is 0.750. The van der Waals surface area contributed by atoms with Crippen LogP contribution in [-0.4, -0.2) is 23.3 Å². The lowest BCUT2D eigenvalue weighted by Crippen LogP contribution is -2.38. The van der Waals surface area contributed by atoms with Crippen molar-refractivity contribution in [3.63, 3.8) is 0 Å². The molecule has 0 aromatic heterocycles. The molecule has 1 unspecified atom stereocenters. The topological polar surface area (TPSA) is 46.5 Å². The maximum Gasteiger partial charge on any atom is 0.330 e. The summed E-state index contributed by atoms with van der Waals surface area (Å²) in [4.78, 5) is 11.3. The number of aliphatic hydroxyl groups is 1. The molecule has 0 heterocycles. The third kappa shape index (κ3) is 2.23. The molecule has 1 saturated carbocycles. The number of ether oxygens (including phenoxy) is 1. The Morgan fingerprint density at radius 3 is 2.53 bits per heavy atom. The minimum Gasteiger partial charge on any atom is -0.463 e. The van der Waals surface area contributed by atoms with Crippen molar-refractivity contribution in [1.29, 1.82) is 0 Å². The van der Waals surface area contributed by atoms with Gasteiger partial charge in [-0.05, 0) is 37.7 Å². The van der Waals surface area contributed by atoms with Gasteiger partial charge in [0.1, 0.15) is 0 Å². The monoisotopic (exact) mass is 212 g/mol. The van der Waals surface area contributed by atoms with Gasteiger partial charge >= 0.3 is 5.97 Å². The summed E-state index contributed by atoms with van der Waals surface area (Å²) >= 11 is 0. The predicted octanol–water partition coefficient (Wildman–Crippen LogP) is 2.05. The Kier molecular flexibility index (Phi) is 3.24. The Morgan fingerprint density at radius 2 is 2.13 bits per heavy atom. The van der Waals surface area contributed by atoms with E-state index in [1.807, 2.05) is 13.8 Å². The van der Waals surface area contributed by atoms with E-state index >= 15 is 0 Å². The molecule has 3 heteroatoms. The molecular formula is C12H20O3. The fourth-order valence-electron chi connectivity index (χ4n) is 1.91. The second-order valence-corrected chi connectivity index (χ2v) is 4.88. The van der Waals surface area contributed by atoms with Gasteiger partial charge in [0.25, 0.3) is 0 Å². The molecule has 0 aliphatic heterocycles. The Morgan fingerprint density at radius 1 is 1.53 bits per heavy atom. The summed E-state index contributed by atoms with van der Waals surface area (Å²) in [5.74, 6) is -0.356. The summed E-state index contributed by atoms with van der Waals surface area (Å²) < 4.78 is 4.84. The summed E-state index contributed by atoms with van der Waals surface area (Å²) in [5.41, 5.74) is -0.295. The molecule has 1 rings (SSSR count). The Balaban J connectivity index is 2.86. The molecule has 1 fully saturated rings. The van der Waals surface area contributed by atoms with Gasteiger partial charge in [-0.25, -0.2) is 4.79 Å². The van der Waals surface area contributed by atoms with E-state index in [1.54, 1.807) is 13.8 Å². The van der Waals surface area contributed by atoms with E-state index in [0.717, 1.165) is 18.4 Å². The van der Waals surface area contributed by atoms with Gasteiger partial charge in [0.2, 0.25) is 0 Å². The smallest absolute Gasteiger partial charge is 0.330 e. The van der Waals surface area contributed by atoms with Crippen molar-refractivity contribution >= 4 is 5.97 Å². The van der Waals surface area contributed by atoms with E-state index in [-0.39, 0.29) is 11.4 Å². The number of carbonyl (C=O) groups excluding carboxylic acids is 1. The first-order valence-corrected chi connectivity index (χ1v) is 5.41. The van der Waals surface area contributed by atoms with Gasteiger partial charge < -0.3 is 9.84 Å². The van der Waals surface area contributed by atoms with Gasteiger partial charge in [-0.1, -0.05) is 13.8 Å². The van der Waals surface area contributed by atoms with Crippen LogP contribution in [0.15, 0.2) is 11.6 Å². The van der Waals surface area contributed by atoms with Crippen LogP contribution in [0.5, 0.6) is 0 Å². The summed E-state index contributed by atoms with van der Waals surface area (Å²) in [6.45, 7) is 7.93. The van der Waals surface area contributed by atoms with Crippen molar-refractivity contribution < 1.29 is 14.6 Å². The molecule has 0 aromatic carbocycles. The van der Waals surface area contributed by atoms with Crippen molar-refractivity contribution in [2.75, 3.05) is 6.61 Å². The van der Waals surface area contributed by atoms with E-state index in [2.05, 4.69) is 0 Å². The maximum absolute atomic E-state index is 11.3. The lowest BCUT2D eigenvalue weighted by atomic mass is 9.78. The maximum atomic E-state index is 11.3. The third-order valence-corrected chi connectivity index (χ3v) is 3.54. The minimum atomic E-state index is -0.903. The molecule has 1 aliphatic rings. The van der Waals surface area contributed by atoms with E-state index in [0.29, 0.717) is 6.61 Å². The fourth-order valence-corrected chi connectivity index (χ4v) is 1.91. The number of esters is 1. The Bertz CT molecular complexity index is 287. The van der Waals surface area contributed by atoms with Gasteiger partial charge in [0.15, 0.2) is 0 Å². The molecule has 0 spiro atoms. The molecule has 1 N–H and O–H groups in total. The highest BCUT2D eigenvalue weighted by atomic mass is 16.5. The average Bonchev–Trinajstić information content (AvgIpc) is 2.29. The highest BCUT2D eigenvalue weighted by molar-refractivity contribution is 5.83.